The van der Waals surface area contributed by atoms with Crippen molar-refractivity contribution in [3.05, 3.63) is 42.9 Å². The maximum absolute atomic E-state index is 12.1. The second kappa shape index (κ2) is 7.32. The molecule has 27 heavy (non-hydrogen) atoms. The van der Waals surface area contributed by atoms with Crippen LogP contribution in [0, 0.1) is 0 Å². The summed E-state index contributed by atoms with van der Waals surface area (Å²) in [5, 5.41) is 4.70. The number of carbonyl (C=O) groups excluding carboxylic acids is 2. The molecule has 0 unspecified atom stereocenters. The third kappa shape index (κ3) is 4.71. The largest absolute Gasteiger partial charge is 0.468 e. The van der Waals surface area contributed by atoms with Crippen molar-refractivity contribution in [2.45, 2.75) is 6.18 Å². The summed E-state index contributed by atoms with van der Waals surface area (Å²) in [6.07, 6.45) is -0.370. The number of nitrogens with zero attached hydrogens (tertiary/aromatic N) is 2. The third-order valence-corrected chi connectivity index (χ3v) is 3.27. The number of fused-ring (bicyclic) bond motifs is 1. The molecule has 0 fully saturated rings. The standard InChI is InChI=1S/C16H12F3N5O3/c17-16(18,19)8-27-12-4-3-9(6-22-12)23-14(25)15(26)24-11-7-21-10-2-1-5-20-13(10)11/h1-7,21H,8H2,(H,23,25)(H,24,26). The van der Waals surface area contributed by atoms with Crippen LogP contribution in [0.1, 0.15) is 0 Å². The second-order valence-corrected chi connectivity index (χ2v) is 5.30. The summed E-state index contributed by atoms with van der Waals surface area (Å²) >= 11 is 0. The van der Waals surface area contributed by atoms with E-state index in [1.165, 1.54) is 12.3 Å². The number of ether oxygens (including phenoxy) is 1. The number of amides is 2. The Morgan fingerprint density at radius 2 is 1.89 bits per heavy atom. The Morgan fingerprint density at radius 3 is 2.59 bits per heavy atom. The Kier molecular flexibility index (Phi) is 4.92. The van der Waals surface area contributed by atoms with Crippen molar-refractivity contribution in [3.63, 3.8) is 0 Å². The molecular weight excluding hydrogens is 367 g/mol. The van der Waals surface area contributed by atoms with Crippen molar-refractivity contribution in [3.8, 4) is 5.88 Å². The molecule has 3 aromatic heterocycles. The number of rotatable bonds is 4. The fourth-order valence-electron chi connectivity index (χ4n) is 2.11. The highest BCUT2D eigenvalue weighted by Gasteiger charge is 2.28. The lowest BCUT2D eigenvalue weighted by Gasteiger charge is -2.09. The lowest BCUT2D eigenvalue weighted by atomic mass is 10.3. The van der Waals surface area contributed by atoms with Gasteiger partial charge in [0.1, 0.15) is 5.52 Å². The van der Waals surface area contributed by atoms with E-state index in [1.807, 2.05) is 0 Å². The van der Waals surface area contributed by atoms with Crippen LogP contribution in [0.25, 0.3) is 11.0 Å². The topological polar surface area (TPSA) is 109 Å². The Balaban J connectivity index is 1.59. The molecule has 0 aliphatic carbocycles. The van der Waals surface area contributed by atoms with Gasteiger partial charge in [-0.25, -0.2) is 4.98 Å². The molecule has 3 N–H and O–H groups in total. The smallest absolute Gasteiger partial charge is 0.422 e. The molecule has 8 nitrogen and oxygen atoms in total. The first-order chi connectivity index (χ1) is 12.8. The van der Waals surface area contributed by atoms with E-state index in [4.69, 9.17) is 0 Å². The van der Waals surface area contributed by atoms with Crippen LogP contribution >= 0.6 is 0 Å². The molecule has 0 spiro atoms. The third-order valence-electron chi connectivity index (χ3n) is 3.27. The zero-order valence-corrected chi connectivity index (χ0v) is 13.5. The highest BCUT2D eigenvalue weighted by Crippen LogP contribution is 2.20. The molecule has 0 radical (unpaired) electrons. The lowest BCUT2D eigenvalue weighted by molar-refractivity contribution is -0.154. The summed E-state index contributed by atoms with van der Waals surface area (Å²) in [6, 6.07) is 5.87. The van der Waals surface area contributed by atoms with Crippen LogP contribution in [0.5, 0.6) is 5.88 Å². The average molecular weight is 379 g/mol. The molecule has 2 amide bonds. The Bertz CT molecular complexity index is 969. The van der Waals surface area contributed by atoms with Gasteiger partial charge < -0.3 is 20.4 Å². The maximum atomic E-state index is 12.1. The number of alkyl halides is 3. The molecule has 3 aromatic rings. The van der Waals surface area contributed by atoms with E-state index in [0.29, 0.717) is 16.7 Å². The zero-order chi connectivity index (χ0) is 19.4. The highest BCUT2D eigenvalue weighted by molar-refractivity contribution is 6.44. The number of aromatic nitrogens is 3. The van der Waals surface area contributed by atoms with Crippen LogP contribution in [0.4, 0.5) is 24.5 Å². The van der Waals surface area contributed by atoms with Gasteiger partial charge in [0.05, 0.1) is 23.1 Å². The molecule has 0 aromatic carbocycles. The van der Waals surface area contributed by atoms with Crippen LogP contribution in [0.3, 0.4) is 0 Å². The van der Waals surface area contributed by atoms with Gasteiger partial charge in [-0.3, -0.25) is 14.6 Å². The molecule has 0 saturated carbocycles. The number of carbonyl (C=O) groups is 2. The molecule has 0 atom stereocenters. The molecular formula is C16H12F3N5O3. The molecule has 140 valence electrons. The molecule has 3 heterocycles. The van der Waals surface area contributed by atoms with Gasteiger partial charge in [-0.15, -0.1) is 0 Å². The Hall–Kier alpha value is -3.63. The fraction of sp³-hybridized carbons (Fsp3) is 0.125. The molecule has 11 heteroatoms. The number of pyridine rings is 2. The summed E-state index contributed by atoms with van der Waals surface area (Å²) in [7, 11) is 0. The minimum atomic E-state index is -4.48. The van der Waals surface area contributed by atoms with E-state index in [2.05, 4.69) is 30.3 Å². The van der Waals surface area contributed by atoms with Crippen molar-refractivity contribution in [1.82, 2.24) is 15.0 Å². The number of aromatic amines is 1. The van der Waals surface area contributed by atoms with Gasteiger partial charge in [-0.1, -0.05) is 0 Å². The van der Waals surface area contributed by atoms with Crippen molar-refractivity contribution >= 4 is 34.2 Å². The van der Waals surface area contributed by atoms with Gasteiger partial charge >= 0.3 is 18.0 Å². The number of hydrogen-bond donors (Lipinski definition) is 3. The van der Waals surface area contributed by atoms with Crippen molar-refractivity contribution in [1.29, 1.82) is 0 Å². The predicted octanol–water partition coefficient (Wildman–Crippen LogP) is 2.48. The number of H-pyrrole nitrogens is 1. The minimum absolute atomic E-state index is 0.117. The first kappa shape index (κ1) is 18.2. The van der Waals surface area contributed by atoms with Gasteiger partial charge in [0.25, 0.3) is 0 Å². The van der Waals surface area contributed by atoms with Gasteiger partial charge in [0.15, 0.2) is 6.61 Å². The Morgan fingerprint density at radius 1 is 1.11 bits per heavy atom. The molecule has 0 aliphatic heterocycles. The first-order valence-corrected chi connectivity index (χ1v) is 7.52. The van der Waals surface area contributed by atoms with E-state index >= 15 is 0 Å². The summed E-state index contributed by atoms with van der Waals surface area (Å²) in [5.74, 6) is -2.19. The zero-order valence-electron chi connectivity index (χ0n) is 13.5. The first-order valence-electron chi connectivity index (χ1n) is 7.52. The molecule has 0 saturated heterocycles. The summed E-state index contributed by atoms with van der Waals surface area (Å²) in [5.41, 5.74) is 1.63. The van der Waals surface area contributed by atoms with E-state index in [1.54, 1.807) is 18.3 Å². The quantitative estimate of drug-likeness (QED) is 0.604. The Labute approximate surface area is 149 Å². The lowest BCUT2D eigenvalue weighted by Crippen LogP contribution is -2.29. The van der Waals surface area contributed by atoms with Crippen LogP contribution in [-0.4, -0.2) is 39.5 Å². The summed E-state index contributed by atoms with van der Waals surface area (Å²) < 4.78 is 40.7. The van der Waals surface area contributed by atoms with Gasteiger partial charge in [0.2, 0.25) is 5.88 Å². The van der Waals surface area contributed by atoms with Gasteiger partial charge in [-0.2, -0.15) is 13.2 Å². The van der Waals surface area contributed by atoms with Crippen molar-refractivity contribution in [2.75, 3.05) is 17.2 Å². The van der Waals surface area contributed by atoms with Crippen LogP contribution in [-0.2, 0) is 9.59 Å². The highest BCUT2D eigenvalue weighted by atomic mass is 19.4. The van der Waals surface area contributed by atoms with E-state index in [9.17, 15) is 22.8 Å². The normalized spacial score (nSPS) is 11.2. The van der Waals surface area contributed by atoms with Crippen LogP contribution in [0.15, 0.2) is 42.9 Å². The minimum Gasteiger partial charge on any atom is -0.468 e. The second-order valence-electron chi connectivity index (χ2n) is 5.30. The number of nitrogens with one attached hydrogen (secondary N) is 3. The van der Waals surface area contributed by atoms with Gasteiger partial charge in [-0.05, 0) is 18.2 Å². The molecule has 0 bridgehead atoms. The predicted molar refractivity (Wildman–Crippen MR) is 89.1 cm³/mol. The average Bonchev–Trinajstić information content (AvgIpc) is 3.03. The molecule has 0 aliphatic rings. The van der Waals surface area contributed by atoms with E-state index in [0.717, 1.165) is 12.3 Å². The summed E-state index contributed by atoms with van der Waals surface area (Å²) in [6.45, 7) is -1.48. The SMILES string of the molecule is O=C(Nc1ccc(OCC(F)(F)F)nc1)C(=O)Nc1c[nH]c2cccnc12. The number of halogens is 3. The van der Waals surface area contributed by atoms with E-state index < -0.39 is 24.6 Å². The van der Waals surface area contributed by atoms with E-state index in [-0.39, 0.29) is 11.6 Å². The maximum Gasteiger partial charge on any atom is 0.422 e. The van der Waals surface area contributed by atoms with Crippen molar-refractivity contribution < 1.29 is 27.5 Å². The van der Waals surface area contributed by atoms with Crippen LogP contribution in [0.2, 0.25) is 0 Å². The molecule has 3 rings (SSSR count). The summed E-state index contributed by atoms with van der Waals surface area (Å²) in [4.78, 5) is 34.6. The number of hydrogen-bond acceptors (Lipinski definition) is 5. The van der Waals surface area contributed by atoms with Crippen LogP contribution < -0.4 is 15.4 Å². The van der Waals surface area contributed by atoms with Crippen molar-refractivity contribution in [2.24, 2.45) is 0 Å². The van der Waals surface area contributed by atoms with Gasteiger partial charge in [0, 0.05) is 18.5 Å². The fourth-order valence-corrected chi connectivity index (χ4v) is 2.11. The monoisotopic (exact) mass is 379 g/mol. The number of anilines is 2.